The number of halogens is 2. The van der Waals surface area contributed by atoms with Crippen LogP contribution in [0.15, 0.2) is 36.4 Å². The van der Waals surface area contributed by atoms with Crippen molar-refractivity contribution < 1.29 is 4.39 Å². The Hall–Kier alpha value is -0.900. The molecule has 0 saturated carbocycles. The molecule has 0 aliphatic heterocycles. The summed E-state index contributed by atoms with van der Waals surface area (Å²) >= 11 is 7.58. The molecule has 1 atom stereocenters. The van der Waals surface area contributed by atoms with Crippen molar-refractivity contribution in [3.63, 3.8) is 0 Å². The predicted octanol–water partition coefficient (Wildman–Crippen LogP) is 4.87. The number of rotatable bonds is 7. The lowest BCUT2D eigenvalue weighted by Gasteiger charge is -2.17. The maximum atomic E-state index is 13.4. The molecule has 1 heterocycles. The SMILES string of the molecule is CCCNCC(Cc1ccc(Cl)s1)c1cccc(F)c1. The molecule has 1 aromatic carbocycles. The van der Waals surface area contributed by atoms with Gasteiger partial charge in [-0.2, -0.15) is 0 Å². The number of hydrogen-bond donors (Lipinski definition) is 1. The summed E-state index contributed by atoms with van der Waals surface area (Å²) < 4.78 is 14.2. The second-order valence-corrected chi connectivity index (χ2v) is 6.67. The van der Waals surface area contributed by atoms with E-state index in [4.69, 9.17) is 11.6 Å². The van der Waals surface area contributed by atoms with Crippen LogP contribution >= 0.6 is 22.9 Å². The summed E-state index contributed by atoms with van der Waals surface area (Å²) in [5.74, 6) is 0.0965. The number of hydrogen-bond acceptors (Lipinski definition) is 2. The molecule has 1 aromatic heterocycles. The molecule has 0 saturated heterocycles. The number of thiophene rings is 1. The van der Waals surface area contributed by atoms with Crippen molar-refractivity contribution in [1.82, 2.24) is 5.32 Å². The van der Waals surface area contributed by atoms with Crippen molar-refractivity contribution in [2.75, 3.05) is 13.1 Å². The number of nitrogens with one attached hydrogen (secondary N) is 1. The highest BCUT2D eigenvalue weighted by Gasteiger charge is 2.14. The van der Waals surface area contributed by atoms with Crippen molar-refractivity contribution in [2.24, 2.45) is 0 Å². The first-order chi connectivity index (χ1) is 9.69. The summed E-state index contributed by atoms with van der Waals surface area (Å²) in [6.45, 7) is 3.98. The highest BCUT2D eigenvalue weighted by atomic mass is 35.5. The Morgan fingerprint density at radius 2 is 2.15 bits per heavy atom. The molecule has 1 unspecified atom stereocenters. The summed E-state index contributed by atoms with van der Waals surface area (Å²) in [6, 6.07) is 10.9. The van der Waals surface area contributed by atoms with Crippen LogP contribution in [0.2, 0.25) is 4.34 Å². The molecule has 0 radical (unpaired) electrons. The van der Waals surface area contributed by atoms with Gasteiger partial charge in [-0.3, -0.25) is 0 Å². The molecule has 0 aliphatic carbocycles. The van der Waals surface area contributed by atoms with E-state index in [-0.39, 0.29) is 11.7 Å². The van der Waals surface area contributed by atoms with Gasteiger partial charge in [0.15, 0.2) is 0 Å². The van der Waals surface area contributed by atoms with Crippen LogP contribution in [0.3, 0.4) is 0 Å². The van der Waals surface area contributed by atoms with E-state index in [0.29, 0.717) is 0 Å². The Morgan fingerprint density at radius 1 is 1.30 bits per heavy atom. The first kappa shape index (κ1) is 15.5. The Kier molecular flexibility index (Phi) is 6.02. The Morgan fingerprint density at radius 3 is 2.80 bits per heavy atom. The first-order valence-electron chi connectivity index (χ1n) is 6.89. The second-order valence-electron chi connectivity index (χ2n) is 4.87. The van der Waals surface area contributed by atoms with Gasteiger partial charge in [0.05, 0.1) is 4.34 Å². The van der Waals surface area contributed by atoms with Gasteiger partial charge in [0.25, 0.3) is 0 Å². The van der Waals surface area contributed by atoms with E-state index in [2.05, 4.69) is 18.3 Å². The smallest absolute Gasteiger partial charge is 0.123 e. The monoisotopic (exact) mass is 311 g/mol. The van der Waals surface area contributed by atoms with Gasteiger partial charge >= 0.3 is 0 Å². The average Bonchev–Trinajstić information content (AvgIpc) is 2.83. The molecule has 0 fully saturated rings. The van der Waals surface area contributed by atoms with E-state index in [1.54, 1.807) is 23.5 Å². The van der Waals surface area contributed by atoms with E-state index in [9.17, 15) is 4.39 Å². The van der Waals surface area contributed by atoms with Crippen molar-refractivity contribution >= 4 is 22.9 Å². The van der Waals surface area contributed by atoms with E-state index in [1.165, 1.54) is 10.9 Å². The molecule has 1 nitrogen and oxygen atoms in total. The minimum atomic E-state index is -0.174. The maximum absolute atomic E-state index is 13.4. The van der Waals surface area contributed by atoms with E-state index in [1.807, 2.05) is 12.1 Å². The molecule has 0 amide bonds. The zero-order valence-corrected chi connectivity index (χ0v) is 13.1. The fraction of sp³-hybridized carbons (Fsp3) is 0.375. The molecule has 0 spiro atoms. The summed E-state index contributed by atoms with van der Waals surface area (Å²) in [5.41, 5.74) is 1.04. The quantitative estimate of drug-likeness (QED) is 0.720. The van der Waals surface area contributed by atoms with Crippen LogP contribution in [0.25, 0.3) is 0 Å². The van der Waals surface area contributed by atoms with Crippen molar-refractivity contribution in [1.29, 1.82) is 0 Å². The maximum Gasteiger partial charge on any atom is 0.123 e. The van der Waals surface area contributed by atoms with Crippen molar-refractivity contribution in [2.45, 2.75) is 25.7 Å². The highest BCUT2D eigenvalue weighted by molar-refractivity contribution is 7.16. The summed E-state index contributed by atoms with van der Waals surface area (Å²) in [6.07, 6.45) is 1.98. The first-order valence-corrected chi connectivity index (χ1v) is 8.09. The van der Waals surface area contributed by atoms with Gasteiger partial charge in [0.2, 0.25) is 0 Å². The predicted molar refractivity (Wildman–Crippen MR) is 85.3 cm³/mol. The Labute approximate surface area is 128 Å². The molecule has 2 rings (SSSR count). The molecular weight excluding hydrogens is 293 g/mol. The third-order valence-corrected chi connectivity index (χ3v) is 4.47. The van der Waals surface area contributed by atoms with Gasteiger partial charge in [0.1, 0.15) is 5.82 Å². The summed E-state index contributed by atoms with van der Waals surface area (Å²) in [7, 11) is 0. The fourth-order valence-electron chi connectivity index (χ4n) is 2.23. The zero-order valence-electron chi connectivity index (χ0n) is 11.5. The van der Waals surface area contributed by atoms with E-state index < -0.39 is 0 Å². The molecule has 20 heavy (non-hydrogen) atoms. The molecule has 108 valence electrons. The van der Waals surface area contributed by atoms with Gasteiger partial charge < -0.3 is 5.32 Å². The van der Waals surface area contributed by atoms with Gasteiger partial charge in [-0.05, 0) is 49.2 Å². The van der Waals surface area contributed by atoms with Crippen molar-refractivity contribution in [3.8, 4) is 0 Å². The van der Waals surface area contributed by atoms with Crippen LogP contribution in [-0.2, 0) is 6.42 Å². The molecule has 1 N–H and O–H groups in total. The van der Waals surface area contributed by atoms with E-state index >= 15 is 0 Å². The topological polar surface area (TPSA) is 12.0 Å². The standard InChI is InChI=1S/C16H19ClFNS/c1-2-8-19-11-13(10-15-6-7-16(17)20-15)12-4-3-5-14(18)9-12/h3-7,9,13,19H,2,8,10-11H2,1H3. The zero-order chi connectivity index (χ0) is 14.4. The third kappa shape index (κ3) is 4.58. The number of benzene rings is 1. The molecule has 0 bridgehead atoms. The third-order valence-electron chi connectivity index (χ3n) is 3.21. The summed E-state index contributed by atoms with van der Waals surface area (Å²) in [5, 5.41) is 3.43. The van der Waals surface area contributed by atoms with E-state index in [0.717, 1.165) is 35.8 Å². The van der Waals surface area contributed by atoms with Gasteiger partial charge in [-0.15, -0.1) is 11.3 Å². The highest BCUT2D eigenvalue weighted by Crippen LogP contribution is 2.28. The van der Waals surface area contributed by atoms with Crippen LogP contribution in [0.5, 0.6) is 0 Å². The fourth-order valence-corrected chi connectivity index (χ4v) is 3.39. The largest absolute Gasteiger partial charge is 0.316 e. The van der Waals surface area contributed by atoms with Crippen LogP contribution in [0.4, 0.5) is 4.39 Å². The normalized spacial score (nSPS) is 12.6. The lowest BCUT2D eigenvalue weighted by molar-refractivity contribution is 0.571. The van der Waals surface area contributed by atoms with Gasteiger partial charge in [0, 0.05) is 17.3 Å². The van der Waals surface area contributed by atoms with Gasteiger partial charge in [-0.25, -0.2) is 4.39 Å². The average molecular weight is 312 g/mol. The van der Waals surface area contributed by atoms with Crippen LogP contribution < -0.4 is 5.32 Å². The minimum absolute atomic E-state index is 0.174. The lowest BCUT2D eigenvalue weighted by atomic mass is 9.94. The van der Waals surface area contributed by atoms with Crippen molar-refractivity contribution in [3.05, 3.63) is 57.0 Å². The second kappa shape index (κ2) is 7.77. The Bertz CT molecular complexity index is 541. The molecule has 4 heteroatoms. The van der Waals surface area contributed by atoms with Gasteiger partial charge in [-0.1, -0.05) is 30.7 Å². The Balaban J connectivity index is 2.11. The van der Waals surface area contributed by atoms with Crippen LogP contribution in [0, 0.1) is 5.82 Å². The summed E-state index contributed by atoms with van der Waals surface area (Å²) in [4.78, 5) is 1.24. The molecular formula is C16H19ClFNS. The van der Waals surface area contributed by atoms with Crippen LogP contribution in [-0.4, -0.2) is 13.1 Å². The minimum Gasteiger partial charge on any atom is -0.316 e. The van der Waals surface area contributed by atoms with Crippen LogP contribution in [0.1, 0.15) is 29.7 Å². The lowest BCUT2D eigenvalue weighted by Crippen LogP contribution is -2.23. The molecule has 2 aromatic rings. The molecule has 0 aliphatic rings.